The monoisotopic (exact) mass is 486 g/mol. The maximum Gasteiger partial charge on any atom is 0.266 e. The number of pyridine rings is 1. The van der Waals surface area contributed by atoms with Gasteiger partial charge in [0.2, 0.25) is 5.91 Å². The second-order valence-corrected chi connectivity index (χ2v) is 8.77. The van der Waals surface area contributed by atoms with Crippen molar-refractivity contribution in [2.24, 2.45) is 0 Å². The van der Waals surface area contributed by atoms with Crippen molar-refractivity contribution >= 4 is 28.2 Å². The van der Waals surface area contributed by atoms with Gasteiger partial charge in [-0.1, -0.05) is 18.2 Å². The van der Waals surface area contributed by atoms with E-state index in [-0.39, 0.29) is 11.5 Å². The quantitative estimate of drug-likeness (QED) is 0.501. The van der Waals surface area contributed by atoms with Crippen LogP contribution in [0.15, 0.2) is 36.4 Å². The smallest absolute Gasteiger partial charge is 0.266 e. The van der Waals surface area contributed by atoms with Gasteiger partial charge in [-0.3, -0.25) is 4.79 Å². The molecule has 4 rings (SSSR count). The van der Waals surface area contributed by atoms with Crippen LogP contribution < -0.4 is 15.0 Å². The number of alkyl halides is 2. The lowest BCUT2D eigenvalue weighted by Crippen LogP contribution is -2.48. The normalized spacial score (nSPS) is 15.0. The Bertz CT molecular complexity index is 1240. The molecule has 2 aromatic carbocycles. The number of aromatic nitrogens is 1. The fourth-order valence-electron chi connectivity index (χ4n) is 4.53. The summed E-state index contributed by atoms with van der Waals surface area (Å²) >= 11 is 0. The summed E-state index contributed by atoms with van der Waals surface area (Å²) in [6, 6.07) is 9.25. The number of carbonyl (C=O) groups excluding carboxylic acids is 1. The molecule has 1 saturated heterocycles. The lowest BCUT2D eigenvalue weighted by molar-refractivity contribution is -0.129. The van der Waals surface area contributed by atoms with E-state index in [0.717, 1.165) is 22.8 Å². The first-order chi connectivity index (χ1) is 16.7. The van der Waals surface area contributed by atoms with Crippen molar-refractivity contribution in [3.63, 3.8) is 0 Å². The first-order valence-electron chi connectivity index (χ1n) is 11.5. The van der Waals surface area contributed by atoms with Gasteiger partial charge in [0.1, 0.15) is 17.1 Å². The number of methoxy groups -OCH3 is 1. The molecule has 2 heterocycles. The van der Waals surface area contributed by atoms with Crippen LogP contribution in [0.2, 0.25) is 0 Å². The average molecular weight is 487 g/mol. The van der Waals surface area contributed by atoms with Gasteiger partial charge in [0.05, 0.1) is 18.7 Å². The molecule has 1 amide bonds. The minimum absolute atomic E-state index is 0.0593. The minimum Gasteiger partial charge on any atom is -0.494 e. The van der Waals surface area contributed by atoms with Gasteiger partial charge in [-0.25, -0.2) is 18.2 Å². The fraction of sp³-hybridized carbons (Fsp3) is 0.385. The second-order valence-electron chi connectivity index (χ2n) is 8.77. The molecule has 1 atom stereocenters. The van der Waals surface area contributed by atoms with Crippen molar-refractivity contribution in [2.45, 2.75) is 33.2 Å². The summed E-state index contributed by atoms with van der Waals surface area (Å²) in [4.78, 5) is 20.3. The molecule has 9 heteroatoms. The molecule has 1 aliphatic heterocycles. The molecule has 0 spiro atoms. The van der Waals surface area contributed by atoms with E-state index in [4.69, 9.17) is 4.74 Å². The van der Waals surface area contributed by atoms with Crippen molar-refractivity contribution in [3.05, 3.63) is 59.0 Å². The van der Waals surface area contributed by atoms with Crippen LogP contribution in [0.3, 0.4) is 0 Å². The van der Waals surface area contributed by atoms with Gasteiger partial charge in [-0.2, -0.15) is 0 Å². The Balaban J connectivity index is 1.72. The SMILES string of the molecule is COc1cc(N2CCN(C(C)=O)CC2)cc2c(N[C@H](C)c3cccc(C(F)F)c3F)cc(C)nc12. The van der Waals surface area contributed by atoms with Gasteiger partial charge in [0.15, 0.2) is 0 Å². The van der Waals surface area contributed by atoms with Crippen LogP contribution in [0.5, 0.6) is 5.75 Å². The molecule has 35 heavy (non-hydrogen) atoms. The van der Waals surface area contributed by atoms with E-state index in [1.165, 1.54) is 12.1 Å². The number of anilines is 2. The number of rotatable bonds is 6. The van der Waals surface area contributed by atoms with Crippen molar-refractivity contribution in [3.8, 4) is 5.75 Å². The number of nitrogens with zero attached hydrogens (tertiary/aromatic N) is 3. The highest BCUT2D eigenvalue weighted by molar-refractivity contribution is 5.98. The minimum atomic E-state index is -2.89. The van der Waals surface area contributed by atoms with Crippen LogP contribution in [0.1, 0.15) is 43.1 Å². The van der Waals surface area contributed by atoms with Crippen LogP contribution in [-0.2, 0) is 4.79 Å². The Kier molecular flexibility index (Phi) is 7.05. The number of ether oxygens (including phenoxy) is 1. The van der Waals surface area contributed by atoms with Crippen LogP contribution in [0, 0.1) is 12.7 Å². The summed E-state index contributed by atoms with van der Waals surface area (Å²) in [6.45, 7) is 7.77. The summed E-state index contributed by atoms with van der Waals surface area (Å²) in [5.41, 5.74) is 2.55. The van der Waals surface area contributed by atoms with E-state index in [2.05, 4.69) is 15.2 Å². The summed E-state index contributed by atoms with van der Waals surface area (Å²) in [6.07, 6.45) is -2.89. The van der Waals surface area contributed by atoms with Crippen LogP contribution in [0.25, 0.3) is 10.9 Å². The number of nitrogens with one attached hydrogen (secondary N) is 1. The molecule has 3 aromatic rings. The first kappa shape index (κ1) is 24.6. The second kappa shape index (κ2) is 10.0. The van der Waals surface area contributed by atoms with E-state index in [9.17, 15) is 18.0 Å². The van der Waals surface area contributed by atoms with Crippen molar-refractivity contribution in [1.29, 1.82) is 0 Å². The standard InChI is InChI=1S/C26H29F3N4O2/c1-15-12-22(31-16(2)19-6-5-7-20(24(19)27)26(28)29)21-13-18(14-23(35-4)25(21)30-15)33-10-8-32(9-11-33)17(3)34/h5-7,12-14,16,26H,8-11H2,1-4H3,(H,30,31)/t16-/m1/s1. The lowest BCUT2D eigenvalue weighted by atomic mass is 10.0. The van der Waals surface area contributed by atoms with Crippen LogP contribution in [-0.4, -0.2) is 49.1 Å². The Morgan fingerprint density at radius 1 is 1.11 bits per heavy atom. The molecular formula is C26H29F3N4O2. The summed E-state index contributed by atoms with van der Waals surface area (Å²) < 4.78 is 46.9. The van der Waals surface area contributed by atoms with Gasteiger partial charge in [0, 0.05) is 67.2 Å². The number of carbonyl (C=O) groups is 1. The molecule has 1 N–H and O–H groups in total. The Hall–Kier alpha value is -3.49. The summed E-state index contributed by atoms with van der Waals surface area (Å²) in [7, 11) is 1.58. The average Bonchev–Trinajstić information content (AvgIpc) is 2.83. The first-order valence-corrected chi connectivity index (χ1v) is 11.5. The van der Waals surface area contributed by atoms with E-state index >= 15 is 0 Å². The van der Waals surface area contributed by atoms with E-state index < -0.39 is 23.8 Å². The number of hydrogen-bond donors (Lipinski definition) is 1. The Morgan fingerprint density at radius 2 is 1.80 bits per heavy atom. The third kappa shape index (κ3) is 4.99. The van der Waals surface area contributed by atoms with Gasteiger partial charge < -0.3 is 19.9 Å². The van der Waals surface area contributed by atoms with E-state index in [1.807, 2.05) is 30.0 Å². The molecule has 0 radical (unpaired) electrons. The van der Waals surface area contributed by atoms with Crippen molar-refractivity contribution in [1.82, 2.24) is 9.88 Å². The zero-order chi connectivity index (χ0) is 25.3. The largest absolute Gasteiger partial charge is 0.494 e. The van der Waals surface area contributed by atoms with Gasteiger partial charge >= 0.3 is 0 Å². The molecule has 0 bridgehead atoms. The maximum absolute atomic E-state index is 14.8. The highest BCUT2D eigenvalue weighted by Crippen LogP contribution is 2.37. The molecule has 0 aliphatic carbocycles. The molecule has 0 unspecified atom stereocenters. The third-order valence-electron chi connectivity index (χ3n) is 6.43. The lowest BCUT2D eigenvalue weighted by Gasteiger charge is -2.36. The molecule has 0 saturated carbocycles. The molecule has 186 valence electrons. The van der Waals surface area contributed by atoms with E-state index in [1.54, 1.807) is 21.0 Å². The number of benzene rings is 2. The number of aryl methyl sites for hydroxylation is 1. The Labute approximate surface area is 202 Å². The molecule has 1 fully saturated rings. The number of halogens is 3. The number of amides is 1. The maximum atomic E-state index is 14.8. The molecule has 6 nitrogen and oxygen atoms in total. The van der Waals surface area contributed by atoms with Crippen molar-refractivity contribution < 1.29 is 22.7 Å². The van der Waals surface area contributed by atoms with Gasteiger partial charge in [-0.15, -0.1) is 0 Å². The number of hydrogen-bond acceptors (Lipinski definition) is 5. The predicted octanol–water partition coefficient (Wildman–Crippen LogP) is 5.47. The van der Waals surface area contributed by atoms with Crippen LogP contribution in [0.4, 0.5) is 24.5 Å². The van der Waals surface area contributed by atoms with Crippen LogP contribution >= 0.6 is 0 Å². The topological polar surface area (TPSA) is 57.7 Å². The molecule has 1 aliphatic rings. The van der Waals surface area contributed by atoms with Crippen molar-refractivity contribution in [2.75, 3.05) is 43.5 Å². The summed E-state index contributed by atoms with van der Waals surface area (Å²) in [5.74, 6) is -0.250. The number of fused-ring (bicyclic) bond motifs is 1. The fourth-order valence-corrected chi connectivity index (χ4v) is 4.53. The predicted molar refractivity (Wildman–Crippen MR) is 131 cm³/mol. The summed E-state index contributed by atoms with van der Waals surface area (Å²) in [5, 5.41) is 4.07. The zero-order valence-corrected chi connectivity index (χ0v) is 20.2. The number of piperazine rings is 1. The van der Waals surface area contributed by atoms with Gasteiger partial charge in [0.25, 0.3) is 6.43 Å². The third-order valence-corrected chi connectivity index (χ3v) is 6.43. The highest BCUT2D eigenvalue weighted by atomic mass is 19.3. The molecule has 1 aromatic heterocycles. The Morgan fingerprint density at radius 3 is 2.43 bits per heavy atom. The van der Waals surface area contributed by atoms with Gasteiger partial charge in [-0.05, 0) is 26.0 Å². The zero-order valence-electron chi connectivity index (χ0n) is 20.2. The van der Waals surface area contributed by atoms with E-state index in [0.29, 0.717) is 43.1 Å². The highest BCUT2D eigenvalue weighted by Gasteiger charge is 2.23. The molecular weight excluding hydrogens is 457 g/mol.